The van der Waals surface area contributed by atoms with E-state index in [1.54, 1.807) is 12.1 Å². The van der Waals surface area contributed by atoms with Gasteiger partial charge < -0.3 is 4.84 Å². The van der Waals surface area contributed by atoms with Crippen LogP contribution in [0, 0.1) is 6.92 Å². The Hall–Kier alpha value is -3.25. The number of hydrogen-bond acceptors (Lipinski definition) is 5. The van der Waals surface area contributed by atoms with Crippen LogP contribution in [0.4, 0.5) is 0 Å². The normalized spacial score (nSPS) is 11.3. The monoisotopic (exact) mass is 361 g/mol. The van der Waals surface area contributed by atoms with Crippen LogP contribution in [0.5, 0.6) is 0 Å². The third kappa shape index (κ3) is 3.14. The van der Waals surface area contributed by atoms with Crippen molar-refractivity contribution in [1.82, 2.24) is 9.38 Å². The maximum absolute atomic E-state index is 12.1. The molecule has 2 heterocycles. The van der Waals surface area contributed by atoms with Gasteiger partial charge in [0.2, 0.25) is 0 Å². The molecule has 6 heteroatoms. The first-order chi connectivity index (χ1) is 12.7. The summed E-state index contributed by atoms with van der Waals surface area (Å²) in [5.74, 6) is -0.492. The molecule has 0 saturated carbocycles. The highest BCUT2D eigenvalue weighted by Gasteiger charge is 2.14. The number of oxime groups is 1. The number of fused-ring (bicyclic) bond motifs is 1. The van der Waals surface area contributed by atoms with E-state index in [9.17, 15) is 4.79 Å². The summed E-state index contributed by atoms with van der Waals surface area (Å²) in [6.07, 6.45) is 3.45. The van der Waals surface area contributed by atoms with Crippen molar-refractivity contribution in [3.63, 3.8) is 0 Å². The maximum atomic E-state index is 12.1. The molecule has 0 N–H and O–H groups in total. The zero-order valence-electron chi connectivity index (χ0n) is 14.0. The van der Waals surface area contributed by atoms with Gasteiger partial charge in [-0.1, -0.05) is 53.2 Å². The van der Waals surface area contributed by atoms with Crippen LogP contribution >= 0.6 is 11.3 Å². The molecule has 128 valence electrons. The average molecular weight is 361 g/mol. The minimum absolute atomic E-state index is 0.463. The number of thiazole rings is 1. The summed E-state index contributed by atoms with van der Waals surface area (Å²) < 4.78 is 1.93. The third-order valence-corrected chi connectivity index (χ3v) is 4.70. The first-order valence-corrected chi connectivity index (χ1v) is 8.93. The summed E-state index contributed by atoms with van der Waals surface area (Å²) in [4.78, 5) is 22.7. The topological polar surface area (TPSA) is 56.0 Å². The molecule has 0 amide bonds. The second-order valence-electron chi connectivity index (χ2n) is 5.75. The highest BCUT2D eigenvalue weighted by atomic mass is 32.1. The van der Waals surface area contributed by atoms with Gasteiger partial charge in [0.15, 0.2) is 4.96 Å². The van der Waals surface area contributed by atoms with Crippen molar-refractivity contribution in [1.29, 1.82) is 0 Å². The van der Waals surface area contributed by atoms with Gasteiger partial charge in [-0.05, 0) is 19.1 Å². The molecule has 0 saturated heterocycles. The number of nitrogens with zero attached hydrogens (tertiary/aromatic N) is 3. The van der Waals surface area contributed by atoms with Gasteiger partial charge in [-0.15, -0.1) is 11.3 Å². The van der Waals surface area contributed by atoms with Crippen LogP contribution in [-0.2, 0) is 4.84 Å². The molecule has 2 aromatic heterocycles. The second-order valence-corrected chi connectivity index (χ2v) is 6.62. The van der Waals surface area contributed by atoms with Crippen LogP contribution in [0.15, 0.2) is 71.3 Å². The smallest absolute Gasteiger partial charge is 0.313 e. The standard InChI is InChI=1S/C20H15N3O2S/c1-14-7-9-16(10-8-14)19(24)25-21-13-17-18(15-5-3-2-4-6-15)22-20-23(17)11-12-26-20/h2-13H,1H3/b21-13-. The van der Waals surface area contributed by atoms with Crippen LogP contribution in [-0.4, -0.2) is 21.6 Å². The van der Waals surface area contributed by atoms with Crippen LogP contribution in [0.2, 0.25) is 0 Å². The Balaban J connectivity index is 1.62. The predicted molar refractivity (Wildman–Crippen MR) is 103 cm³/mol. The molecular formula is C20H15N3O2S. The summed E-state index contributed by atoms with van der Waals surface area (Å²) >= 11 is 1.54. The quantitative estimate of drug-likeness (QED) is 0.304. The van der Waals surface area contributed by atoms with E-state index in [1.807, 2.05) is 65.4 Å². The Labute approximate surface area is 154 Å². The van der Waals surface area contributed by atoms with E-state index in [-0.39, 0.29) is 0 Å². The zero-order valence-corrected chi connectivity index (χ0v) is 14.8. The second kappa shape index (κ2) is 6.93. The highest BCUT2D eigenvalue weighted by molar-refractivity contribution is 7.15. The Kier molecular flexibility index (Phi) is 4.33. The number of aromatic nitrogens is 2. The Bertz CT molecular complexity index is 1080. The largest absolute Gasteiger partial charge is 0.365 e. The van der Waals surface area contributed by atoms with Crippen molar-refractivity contribution in [2.24, 2.45) is 5.16 Å². The Morgan fingerprint density at radius 1 is 1.15 bits per heavy atom. The van der Waals surface area contributed by atoms with Crippen LogP contribution in [0.3, 0.4) is 0 Å². The van der Waals surface area contributed by atoms with Crippen molar-refractivity contribution >= 4 is 28.5 Å². The fraction of sp³-hybridized carbons (Fsp3) is 0.0500. The first kappa shape index (κ1) is 16.2. The molecule has 0 fully saturated rings. The fourth-order valence-electron chi connectivity index (χ4n) is 2.60. The number of carbonyl (C=O) groups excluding carboxylic acids is 1. The lowest BCUT2D eigenvalue weighted by Gasteiger charge is -2.00. The Morgan fingerprint density at radius 3 is 2.69 bits per heavy atom. The predicted octanol–water partition coefficient (Wildman–Crippen LogP) is 4.56. The lowest BCUT2D eigenvalue weighted by Crippen LogP contribution is -2.01. The molecule has 0 aliphatic heterocycles. The van der Waals surface area contributed by atoms with E-state index in [0.717, 1.165) is 27.5 Å². The Morgan fingerprint density at radius 2 is 1.92 bits per heavy atom. The van der Waals surface area contributed by atoms with Gasteiger partial charge in [0, 0.05) is 17.1 Å². The van der Waals surface area contributed by atoms with E-state index in [0.29, 0.717) is 5.56 Å². The molecule has 0 unspecified atom stereocenters. The van der Waals surface area contributed by atoms with Gasteiger partial charge >= 0.3 is 5.97 Å². The number of carbonyl (C=O) groups is 1. The zero-order chi connectivity index (χ0) is 17.9. The molecule has 2 aromatic carbocycles. The van der Waals surface area contributed by atoms with Crippen LogP contribution in [0.1, 0.15) is 21.6 Å². The molecule has 0 atom stereocenters. The molecule has 0 radical (unpaired) electrons. The van der Waals surface area contributed by atoms with Crippen molar-refractivity contribution in [2.45, 2.75) is 6.92 Å². The third-order valence-electron chi connectivity index (χ3n) is 3.94. The van der Waals surface area contributed by atoms with Crippen LogP contribution in [0.25, 0.3) is 16.2 Å². The molecular weight excluding hydrogens is 346 g/mol. The lowest BCUT2D eigenvalue weighted by molar-refractivity contribution is 0.0519. The molecule has 0 spiro atoms. The summed E-state index contributed by atoms with van der Waals surface area (Å²) in [6.45, 7) is 1.96. The molecule has 0 aliphatic rings. The number of imidazole rings is 1. The molecule has 4 aromatic rings. The molecule has 0 aliphatic carbocycles. The summed E-state index contributed by atoms with van der Waals surface area (Å²) in [5.41, 5.74) is 4.09. The van der Waals surface area contributed by atoms with E-state index in [1.165, 1.54) is 17.6 Å². The molecule has 26 heavy (non-hydrogen) atoms. The molecule has 4 rings (SSSR count). The van der Waals surface area contributed by atoms with E-state index in [4.69, 9.17) is 4.84 Å². The number of aryl methyl sites for hydroxylation is 1. The SMILES string of the molecule is Cc1ccc(C(=O)O/N=C\c2c(-c3ccccc3)nc3sccn23)cc1. The van der Waals surface area contributed by atoms with Gasteiger partial charge in [-0.3, -0.25) is 4.40 Å². The van der Waals surface area contributed by atoms with Gasteiger partial charge in [0.05, 0.1) is 23.2 Å². The summed E-state index contributed by atoms with van der Waals surface area (Å²) in [6, 6.07) is 17.0. The molecule has 0 bridgehead atoms. The van der Waals surface area contributed by atoms with Gasteiger partial charge in [-0.2, -0.15) is 0 Å². The van der Waals surface area contributed by atoms with Gasteiger partial charge in [-0.25, -0.2) is 9.78 Å². The average Bonchev–Trinajstić information content (AvgIpc) is 3.25. The number of hydrogen-bond donors (Lipinski definition) is 0. The van der Waals surface area contributed by atoms with Crippen molar-refractivity contribution in [2.75, 3.05) is 0 Å². The molecule has 5 nitrogen and oxygen atoms in total. The number of rotatable bonds is 4. The van der Waals surface area contributed by atoms with E-state index in [2.05, 4.69) is 10.1 Å². The maximum Gasteiger partial charge on any atom is 0.365 e. The van der Waals surface area contributed by atoms with E-state index >= 15 is 0 Å². The minimum atomic E-state index is -0.492. The van der Waals surface area contributed by atoms with E-state index < -0.39 is 5.97 Å². The lowest BCUT2D eigenvalue weighted by atomic mass is 10.1. The van der Waals surface area contributed by atoms with Gasteiger partial charge in [0.25, 0.3) is 0 Å². The summed E-state index contributed by atoms with van der Waals surface area (Å²) in [7, 11) is 0. The first-order valence-electron chi connectivity index (χ1n) is 8.05. The fourth-order valence-corrected chi connectivity index (χ4v) is 3.32. The minimum Gasteiger partial charge on any atom is -0.313 e. The van der Waals surface area contributed by atoms with Crippen LogP contribution < -0.4 is 0 Å². The van der Waals surface area contributed by atoms with Gasteiger partial charge in [0.1, 0.15) is 0 Å². The van der Waals surface area contributed by atoms with Crippen molar-refractivity contribution in [3.8, 4) is 11.3 Å². The van der Waals surface area contributed by atoms with Crippen molar-refractivity contribution < 1.29 is 9.63 Å². The summed E-state index contributed by atoms with van der Waals surface area (Å²) in [5, 5.41) is 5.85. The van der Waals surface area contributed by atoms with Crippen molar-refractivity contribution in [3.05, 3.63) is 83.0 Å². The number of benzene rings is 2. The highest BCUT2D eigenvalue weighted by Crippen LogP contribution is 2.25.